The molecule has 0 saturated heterocycles. The van der Waals surface area contributed by atoms with Crippen molar-refractivity contribution in [2.45, 2.75) is 46.2 Å². The normalized spacial score (nSPS) is 11.7. The number of nitrogens with one attached hydrogen (secondary N) is 1. The zero-order valence-corrected chi connectivity index (χ0v) is 21.0. The first-order chi connectivity index (χ1) is 14.8. The van der Waals surface area contributed by atoms with E-state index in [1.165, 1.54) is 4.90 Å². The number of halogens is 3. The molecule has 0 fully saturated rings. The van der Waals surface area contributed by atoms with Crippen molar-refractivity contribution in [3.63, 3.8) is 0 Å². The van der Waals surface area contributed by atoms with Crippen LogP contribution in [-0.4, -0.2) is 35.9 Å². The topological polar surface area (TPSA) is 58.6 Å². The lowest BCUT2D eigenvalue weighted by Crippen LogP contribution is -2.49. The molecule has 31 heavy (non-hydrogen) atoms. The molecule has 2 amide bonds. The quantitative estimate of drug-likeness (QED) is 0.433. The molecule has 0 bridgehead atoms. The van der Waals surface area contributed by atoms with Gasteiger partial charge in [-0.3, -0.25) is 9.59 Å². The second kappa shape index (κ2) is 12.3. The first-order valence-corrected chi connectivity index (χ1v) is 11.7. The number of carbonyl (C=O) groups is 2. The van der Waals surface area contributed by atoms with Crippen molar-refractivity contribution in [3.05, 3.63) is 62.0 Å². The van der Waals surface area contributed by atoms with E-state index in [1.54, 1.807) is 25.1 Å². The molecule has 5 nitrogen and oxygen atoms in total. The molecule has 168 valence electrons. The van der Waals surface area contributed by atoms with Gasteiger partial charge in [-0.05, 0) is 71.1 Å². The van der Waals surface area contributed by atoms with E-state index in [0.717, 1.165) is 22.9 Å². The zero-order valence-electron chi connectivity index (χ0n) is 17.9. The summed E-state index contributed by atoms with van der Waals surface area (Å²) < 4.78 is 6.53. The first kappa shape index (κ1) is 25.5. The summed E-state index contributed by atoms with van der Waals surface area (Å²) in [6, 6.07) is 10.1. The van der Waals surface area contributed by atoms with Gasteiger partial charge in [0.2, 0.25) is 5.91 Å². The van der Waals surface area contributed by atoms with Crippen LogP contribution in [0.5, 0.6) is 5.75 Å². The van der Waals surface area contributed by atoms with Crippen LogP contribution in [0, 0.1) is 0 Å². The summed E-state index contributed by atoms with van der Waals surface area (Å²) >= 11 is 15.8. The minimum atomic E-state index is -0.694. The van der Waals surface area contributed by atoms with Gasteiger partial charge in [-0.25, -0.2) is 0 Å². The summed E-state index contributed by atoms with van der Waals surface area (Å²) in [5.74, 6) is 0.0171. The van der Waals surface area contributed by atoms with Crippen LogP contribution in [0.2, 0.25) is 10.0 Å². The number of hydrogen-bond acceptors (Lipinski definition) is 3. The van der Waals surface area contributed by atoms with Crippen LogP contribution in [0.25, 0.3) is 0 Å². The minimum Gasteiger partial charge on any atom is -0.483 e. The minimum absolute atomic E-state index is 0.162. The number of aryl methyl sites for hydroxylation is 1. The molecule has 0 radical (unpaired) electrons. The van der Waals surface area contributed by atoms with Crippen LogP contribution in [0.15, 0.2) is 40.9 Å². The maximum absolute atomic E-state index is 13.1. The molecule has 0 spiro atoms. The van der Waals surface area contributed by atoms with E-state index in [4.69, 9.17) is 27.9 Å². The molecule has 2 rings (SSSR count). The van der Waals surface area contributed by atoms with Crippen LogP contribution < -0.4 is 10.1 Å². The van der Waals surface area contributed by atoms with Gasteiger partial charge in [0, 0.05) is 23.1 Å². The van der Waals surface area contributed by atoms with E-state index in [9.17, 15) is 9.59 Å². The fourth-order valence-corrected chi connectivity index (χ4v) is 3.92. The predicted octanol–water partition coefficient (Wildman–Crippen LogP) is 5.64. The molecular formula is C23H27BrCl2N2O3. The van der Waals surface area contributed by atoms with Crippen molar-refractivity contribution in [2.75, 3.05) is 13.2 Å². The zero-order chi connectivity index (χ0) is 23.0. The second-order valence-electron chi connectivity index (χ2n) is 7.13. The van der Waals surface area contributed by atoms with E-state index in [0.29, 0.717) is 27.9 Å². The summed E-state index contributed by atoms with van der Waals surface area (Å²) in [5.41, 5.74) is 1.86. The van der Waals surface area contributed by atoms with Crippen molar-refractivity contribution >= 4 is 50.9 Å². The van der Waals surface area contributed by atoms with Gasteiger partial charge in [0.1, 0.15) is 11.8 Å². The van der Waals surface area contributed by atoms with Crippen LogP contribution in [0.1, 0.15) is 38.3 Å². The Balaban J connectivity index is 2.19. The Morgan fingerprint density at radius 3 is 2.52 bits per heavy atom. The summed E-state index contributed by atoms with van der Waals surface area (Å²) in [6.07, 6.45) is 1.71. The van der Waals surface area contributed by atoms with Crippen molar-refractivity contribution in [3.8, 4) is 5.75 Å². The molecule has 0 aliphatic carbocycles. The van der Waals surface area contributed by atoms with Crippen LogP contribution in [-0.2, 0) is 22.6 Å². The van der Waals surface area contributed by atoms with Gasteiger partial charge in [-0.1, -0.05) is 49.2 Å². The fraction of sp³-hybridized carbons (Fsp3) is 0.391. The molecular weight excluding hydrogens is 503 g/mol. The Kier molecular flexibility index (Phi) is 10.1. The fourth-order valence-electron chi connectivity index (χ4n) is 2.92. The molecule has 2 aromatic rings. The highest BCUT2D eigenvalue weighted by Crippen LogP contribution is 2.27. The maximum atomic E-state index is 13.1. The van der Waals surface area contributed by atoms with E-state index in [1.807, 2.05) is 25.1 Å². The van der Waals surface area contributed by atoms with Crippen molar-refractivity contribution < 1.29 is 14.3 Å². The largest absolute Gasteiger partial charge is 0.483 e. The van der Waals surface area contributed by atoms with Crippen LogP contribution >= 0.6 is 39.1 Å². The third kappa shape index (κ3) is 7.41. The maximum Gasteiger partial charge on any atom is 0.261 e. The highest BCUT2D eigenvalue weighted by Gasteiger charge is 2.27. The van der Waals surface area contributed by atoms with Gasteiger partial charge in [-0.2, -0.15) is 0 Å². The highest BCUT2D eigenvalue weighted by molar-refractivity contribution is 9.10. The molecule has 1 N–H and O–H groups in total. The van der Waals surface area contributed by atoms with E-state index in [-0.39, 0.29) is 25.0 Å². The average molecular weight is 530 g/mol. The van der Waals surface area contributed by atoms with Crippen LogP contribution in [0.4, 0.5) is 0 Å². The summed E-state index contributed by atoms with van der Waals surface area (Å²) in [7, 11) is 0. The molecule has 8 heteroatoms. The summed E-state index contributed by atoms with van der Waals surface area (Å²) in [6.45, 7) is 6.22. The third-order valence-electron chi connectivity index (χ3n) is 4.83. The highest BCUT2D eigenvalue weighted by atomic mass is 79.9. The number of benzene rings is 2. The molecule has 0 saturated carbocycles. The molecule has 2 aromatic carbocycles. The van der Waals surface area contributed by atoms with Crippen molar-refractivity contribution in [1.29, 1.82) is 0 Å². The lowest BCUT2D eigenvalue weighted by molar-refractivity contribution is -0.142. The Morgan fingerprint density at radius 1 is 1.16 bits per heavy atom. The molecule has 0 aliphatic heterocycles. The van der Waals surface area contributed by atoms with Gasteiger partial charge < -0.3 is 15.0 Å². The molecule has 0 aromatic heterocycles. The van der Waals surface area contributed by atoms with Gasteiger partial charge in [-0.15, -0.1) is 0 Å². The SMILES string of the molecule is CCCNC(=O)C(C)N(Cc1ccc(Cl)cc1Cl)C(=O)COc1ccc(CC)cc1Br. The average Bonchev–Trinajstić information content (AvgIpc) is 2.75. The number of amides is 2. The van der Waals surface area contributed by atoms with Crippen molar-refractivity contribution in [1.82, 2.24) is 10.2 Å². The first-order valence-electron chi connectivity index (χ1n) is 10.2. The van der Waals surface area contributed by atoms with E-state index < -0.39 is 6.04 Å². The third-order valence-corrected chi connectivity index (χ3v) is 6.03. The number of carbonyl (C=O) groups excluding carboxylic acids is 2. The molecule has 1 unspecified atom stereocenters. The summed E-state index contributed by atoms with van der Waals surface area (Å²) in [4.78, 5) is 27.1. The van der Waals surface area contributed by atoms with Gasteiger partial charge in [0.15, 0.2) is 6.61 Å². The van der Waals surface area contributed by atoms with Crippen LogP contribution in [0.3, 0.4) is 0 Å². The lowest BCUT2D eigenvalue weighted by Gasteiger charge is -2.29. The number of rotatable bonds is 10. The number of hydrogen-bond donors (Lipinski definition) is 1. The molecule has 1 atom stereocenters. The Labute approximate surface area is 202 Å². The van der Waals surface area contributed by atoms with E-state index in [2.05, 4.69) is 28.2 Å². The Morgan fingerprint density at radius 2 is 1.90 bits per heavy atom. The smallest absolute Gasteiger partial charge is 0.261 e. The Bertz CT molecular complexity index is 924. The van der Waals surface area contributed by atoms with Crippen molar-refractivity contribution in [2.24, 2.45) is 0 Å². The van der Waals surface area contributed by atoms with Gasteiger partial charge in [0.25, 0.3) is 5.91 Å². The van der Waals surface area contributed by atoms with E-state index >= 15 is 0 Å². The number of nitrogens with zero attached hydrogens (tertiary/aromatic N) is 1. The Hall–Kier alpha value is -1.76. The monoisotopic (exact) mass is 528 g/mol. The second-order valence-corrected chi connectivity index (χ2v) is 8.83. The van der Waals surface area contributed by atoms with Gasteiger partial charge >= 0.3 is 0 Å². The lowest BCUT2D eigenvalue weighted by atomic mass is 10.1. The standard InChI is InChI=1S/C23H27BrCl2N2O3/c1-4-10-27-23(30)15(3)28(13-17-7-8-18(25)12-20(17)26)22(29)14-31-21-9-6-16(5-2)11-19(21)24/h6-9,11-12,15H,4-5,10,13-14H2,1-3H3,(H,27,30). The molecule has 0 aliphatic rings. The number of ether oxygens (including phenoxy) is 1. The molecule has 0 heterocycles. The summed E-state index contributed by atoms with van der Waals surface area (Å²) in [5, 5.41) is 3.78. The predicted molar refractivity (Wildman–Crippen MR) is 129 cm³/mol. The van der Waals surface area contributed by atoms with Gasteiger partial charge in [0.05, 0.1) is 4.47 Å².